The van der Waals surface area contributed by atoms with Crippen LogP contribution in [0.2, 0.25) is 0 Å². The largest absolute Gasteiger partial charge is 0.494 e. The smallest absolute Gasteiger partial charge is 0.146 e. The van der Waals surface area contributed by atoms with Crippen molar-refractivity contribution >= 4 is 45.2 Å². The highest BCUT2D eigenvalue weighted by molar-refractivity contribution is 14.1. The number of halogens is 2. The summed E-state index contributed by atoms with van der Waals surface area (Å²) in [4.78, 5) is 4.70. The average Bonchev–Trinajstić information content (AvgIpc) is 2.87. The van der Waals surface area contributed by atoms with Gasteiger partial charge in [0, 0.05) is 3.57 Å². The number of hydrogen-bond acceptors (Lipinski definition) is 2. The molecule has 0 aliphatic rings. The van der Waals surface area contributed by atoms with Crippen LogP contribution in [0.3, 0.4) is 0 Å². The van der Waals surface area contributed by atoms with Crippen molar-refractivity contribution in [1.29, 1.82) is 0 Å². The second-order valence-corrected chi connectivity index (χ2v) is 6.52. The quantitative estimate of drug-likeness (QED) is 0.450. The normalized spacial score (nSPS) is 12.6. The molecule has 108 valence electrons. The van der Waals surface area contributed by atoms with Gasteiger partial charge in [-0.2, -0.15) is 0 Å². The van der Waals surface area contributed by atoms with Crippen LogP contribution < -0.4 is 4.74 Å². The first-order chi connectivity index (χ1) is 10.1. The van der Waals surface area contributed by atoms with Crippen LogP contribution in [0.25, 0.3) is 16.7 Å². The Morgan fingerprint density at radius 2 is 1.95 bits per heavy atom. The molecule has 0 spiro atoms. The van der Waals surface area contributed by atoms with Gasteiger partial charge in [0.25, 0.3) is 0 Å². The molecule has 5 heteroatoms. The fraction of sp³-hybridized carbons (Fsp3) is 0.188. The van der Waals surface area contributed by atoms with Gasteiger partial charge in [-0.15, -0.1) is 11.6 Å². The van der Waals surface area contributed by atoms with Crippen molar-refractivity contribution in [3.8, 4) is 11.4 Å². The lowest BCUT2D eigenvalue weighted by Crippen LogP contribution is -2.03. The summed E-state index contributed by atoms with van der Waals surface area (Å²) in [6, 6.07) is 14.1. The molecule has 0 aliphatic heterocycles. The molecule has 3 nitrogen and oxygen atoms in total. The first kappa shape index (κ1) is 14.7. The summed E-state index contributed by atoms with van der Waals surface area (Å²) in [5, 5.41) is -0.196. The molecule has 1 atom stereocenters. The molecule has 1 aromatic heterocycles. The first-order valence-corrected chi connectivity index (χ1v) is 8.09. The molecule has 1 heterocycles. The molecule has 21 heavy (non-hydrogen) atoms. The zero-order valence-electron chi connectivity index (χ0n) is 11.7. The van der Waals surface area contributed by atoms with Crippen molar-refractivity contribution in [1.82, 2.24) is 9.55 Å². The number of fused-ring (bicyclic) bond motifs is 1. The molecule has 3 aromatic rings. The summed E-state index contributed by atoms with van der Waals surface area (Å²) >= 11 is 8.68. The number of alkyl halides is 1. The lowest BCUT2D eigenvalue weighted by Gasteiger charge is -2.12. The third kappa shape index (κ3) is 2.51. The summed E-state index contributed by atoms with van der Waals surface area (Å²) in [6.45, 7) is 1.93. The highest BCUT2D eigenvalue weighted by atomic mass is 127. The van der Waals surface area contributed by atoms with Crippen LogP contribution in [-0.4, -0.2) is 16.7 Å². The van der Waals surface area contributed by atoms with Gasteiger partial charge >= 0.3 is 0 Å². The van der Waals surface area contributed by atoms with Crippen LogP contribution in [0.4, 0.5) is 0 Å². The molecule has 0 saturated heterocycles. The van der Waals surface area contributed by atoms with Gasteiger partial charge in [0.2, 0.25) is 0 Å². The summed E-state index contributed by atoms with van der Waals surface area (Å²) in [6.07, 6.45) is 0. The number of hydrogen-bond donors (Lipinski definition) is 0. The predicted molar refractivity (Wildman–Crippen MR) is 94.6 cm³/mol. The summed E-state index contributed by atoms with van der Waals surface area (Å²) in [5.41, 5.74) is 2.92. The second-order valence-electron chi connectivity index (χ2n) is 4.70. The van der Waals surface area contributed by atoms with Gasteiger partial charge in [-0.3, -0.25) is 4.57 Å². The highest BCUT2D eigenvalue weighted by Crippen LogP contribution is 2.33. The molecule has 0 bridgehead atoms. The topological polar surface area (TPSA) is 27.1 Å². The van der Waals surface area contributed by atoms with E-state index in [1.54, 1.807) is 7.11 Å². The van der Waals surface area contributed by atoms with Gasteiger partial charge in [0.15, 0.2) is 0 Å². The van der Waals surface area contributed by atoms with Crippen LogP contribution >= 0.6 is 34.2 Å². The minimum absolute atomic E-state index is 0.196. The summed E-state index contributed by atoms with van der Waals surface area (Å²) in [7, 11) is 1.66. The molecular weight excluding hydrogens is 399 g/mol. The Labute approximate surface area is 142 Å². The van der Waals surface area contributed by atoms with Crippen LogP contribution in [0.1, 0.15) is 18.1 Å². The van der Waals surface area contributed by atoms with E-state index in [2.05, 4.69) is 39.3 Å². The lowest BCUT2D eigenvalue weighted by atomic mass is 10.2. The molecular formula is C16H14ClIN2O. The number of ether oxygens (including phenoxy) is 1. The van der Waals surface area contributed by atoms with Gasteiger partial charge in [0.1, 0.15) is 17.1 Å². The first-order valence-electron chi connectivity index (χ1n) is 6.57. The fourth-order valence-electron chi connectivity index (χ4n) is 2.41. The minimum atomic E-state index is -0.196. The number of aromatic nitrogens is 2. The Kier molecular flexibility index (Phi) is 4.08. The Morgan fingerprint density at radius 3 is 2.62 bits per heavy atom. The van der Waals surface area contributed by atoms with Crippen LogP contribution in [0, 0.1) is 3.57 Å². The summed E-state index contributed by atoms with van der Waals surface area (Å²) in [5.74, 6) is 1.58. The molecule has 1 unspecified atom stereocenters. The molecule has 3 rings (SSSR count). The highest BCUT2D eigenvalue weighted by Gasteiger charge is 2.19. The van der Waals surface area contributed by atoms with E-state index in [1.807, 2.05) is 37.3 Å². The molecule has 0 radical (unpaired) electrons. The third-order valence-electron chi connectivity index (χ3n) is 3.34. The standard InChI is InChI=1S/C16H14ClIN2O/c1-10(17)16-19-15-13(8-5-9-14(15)21-2)20(16)12-7-4-3-6-11(12)18/h3-10H,1-2H3. The Morgan fingerprint density at radius 1 is 1.19 bits per heavy atom. The van der Waals surface area contributed by atoms with Crippen molar-refractivity contribution in [2.45, 2.75) is 12.3 Å². The lowest BCUT2D eigenvalue weighted by molar-refractivity contribution is 0.419. The SMILES string of the molecule is COc1cccc2c1nc(C(C)Cl)n2-c1ccccc1I. The maximum absolute atomic E-state index is 6.35. The van der Waals surface area contributed by atoms with E-state index in [0.29, 0.717) is 0 Å². The molecule has 0 fully saturated rings. The number of imidazole rings is 1. The molecule has 2 aromatic carbocycles. The van der Waals surface area contributed by atoms with Crippen molar-refractivity contribution in [2.24, 2.45) is 0 Å². The fourth-order valence-corrected chi connectivity index (χ4v) is 3.18. The number of methoxy groups -OCH3 is 1. The second kappa shape index (κ2) is 5.85. The van der Waals surface area contributed by atoms with Gasteiger partial charge < -0.3 is 4.74 Å². The molecule has 0 aliphatic carbocycles. The monoisotopic (exact) mass is 412 g/mol. The van der Waals surface area contributed by atoms with E-state index in [1.165, 1.54) is 0 Å². The van der Waals surface area contributed by atoms with Gasteiger partial charge in [-0.1, -0.05) is 18.2 Å². The van der Waals surface area contributed by atoms with E-state index in [0.717, 1.165) is 31.9 Å². The van der Waals surface area contributed by atoms with Gasteiger partial charge in [-0.05, 0) is 53.8 Å². The Hall–Kier alpha value is -1.27. The van der Waals surface area contributed by atoms with Gasteiger partial charge in [0.05, 0.1) is 23.7 Å². The Balaban J connectivity index is 2.40. The van der Waals surface area contributed by atoms with E-state index in [9.17, 15) is 0 Å². The van der Waals surface area contributed by atoms with Crippen LogP contribution in [0.5, 0.6) is 5.75 Å². The van der Waals surface area contributed by atoms with Gasteiger partial charge in [-0.25, -0.2) is 4.98 Å². The third-order valence-corrected chi connectivity index (χ3v) is 4.45. The zero-order valence-corrected chi connectivity index (χ0v) is 14.6. The van der Waals surface area contributed by atoms with Crippen molar-refractivity contribution < 1.29 is 4.74 Å². The van der Waals surface area contributed by atoms with E-state index >= 15 is 0 Å². The van der Waals surface area contributed by atoms with Crippen molar-refractivity contribution in [3.63, 3.8) is 0 Å². The number of rotatable bonds is 3. The van der Waals surface area contributed by atoms with Crippen LogP contribution in [-0.2, 0) is 0 Å². The van der Waals surface area contributed by atoms with E-state index in [4.69, 9.17) is 21.3 Å². The maximum atomic E-state index is 6.35. The minimum Gasteiger partial charge on any atom is -0.494 e. The van der Waals surface area contributed by atoms with Crippen LogP contribution in [0.15, 0.2) is 42.5 Å². The molecule has 0 amide bonds. The van der Waals surface area contributed by atoms with E-state index < -0.39 is 0 Å². The maximum Gasteiger partial charge on any atom is 0.146 e. The number of benzene rings is 2. The number of para-hydroxylation sites is 2. The average molecular weight is 413 g/mol. The number of nitrogens with zero attached hydrogens (tertiary/aromatic N) is 2. The van der Waals surface area contributed by atoms with E-state index in [-0.39, 0.29) is 5.38 Å². The van der Waals surface area contributed by atoms with Crippen molar-refractivity contribution in [3.05, 3.63) is 51.9 Å². The molecule has 0 N–H and O–H groups in total. The predicted octanol–water partition coefficient (Wildman–Crippen LogP) is 4.94. The molecule has 0 saturated carbocycles. The summed E-state index contributed by atoms with van der Waals surface area (Å²) < 4.78 is 8.68. The van der Waals surface area contributed by atoms with Crippen molar-refractivity contribution in [2.75, 3.05) is 7.11 Å². The zero-order chi connectivity index (χ0) is 15.0. The Bertz CT molecular complexity index is 798.